The van der Waals surface area contributed by atoms with E-state index in [1.54, 1.807) is 0 Å². The maximum Gasteiger partial charge on any atom is 0.0787 e. The summed E-state index contributed by atoms with van der Waals surface area (Å²) in [6.45, 7) is 8.54. The van der Waals surface area contributed by atoms with Gasteiger partial charge in [0, 0.05) is 4.47 Å². The maximum atomic E-state index is 9.98. The quantitative estimate of drug-likeness (QED) is 0.840. The third-order valence-electron chi connectivity index (χ3n) is 4.00. The maximum absolute atomic E-state index is 9.98. The first-order valence-corrected chi connectivity index (χ1v) is 7.52. The van der Waals surface area contributed by atoms with Gasteiger partial charge in [-0.05, 0) is 47.5 Å². The molecule has 0 heterocycles. The fourth-order valence-corrected chi connectivity index (χ4v) is 3.15. The highest BCUT2D eigenvalue weighted by molar-refractivity contribution is 9.10. The Morgan fingerprint density at radius 2 is 2.11 bits per heavy atom. The van der Waals surface area contributed by atoms with E-state index in [9.17, 15) is 5.11 Å². The summed E-state index contributed by atoms with van der Waals surface area (Å²) in [5, 5.41) is 9.98. The monoisotopic (exact) mass is 320 g/mol. The standard InChI is InChI=1S/C17H21BrO/c1-12-14(17(2,3)11-10-16(12)19)9-8-13-6-4-5-7-15(13)18/h4-7,9,16,19H,1,8,10-11H2,2-3H3/b14-9+. The number of halogens is 1. The van der Waals surface area contributed by atoms with Gasteiger partial charge >= 0.3 is 0 Å². The van der Waals surface area contributed by atoms with E-state index in [4.69, 9.17) is 0 Å². The summed E-state index contributed by atoms with van der Waals surface area (Å²) in [5.74, 6) is 0. The van der Waals surface area contributed by atoms with Crippen LogP contribution in [-0.2, 0) is 6.42 Å². The molecule has 1 aromatic carbocycles. The third-order valence-corrected chi connectivity index (χ3v) is 4.78. The summed E-state index contributed by atoms with van der Waals surface area (Å²) in [7, 11) is 0. The van der Waals surface area contributed by atoms with Gasteiger partial charge in [0.1, 0.15) is 0 Å². The lowest BCUT2D eigenvalue weighted by Gasteiger charge is -2.37. The number of aliphatic hydroxyl groups excluding tert-OH is 1. The lowest BCUT2D eigenvalue weighted by molar-refractivity contribution is 0.160. The first-order chi connectivity index (χ1) is 8.92. The van der Waals surface area contributed by atoms with Crippen LogP contribution in [-0.4, -0.2) is 11.2 Å². The van der Waals surface area contributed by atoms with Gasteiger partial charge in [0.15, 0.2) is 0 Å². The van der Waals surface area contributed by atoms with Crippen molar-refractivity contribution in [3.8, 4) is 0 Å². The Morgan fingerprint density at radius 3 is 2.79 bits per heavy atom. The van der Waals surface area contributed by atoms with Crippen LogP contribution in [0.2, 0.25) is 0 Å². The lowest BCUT2D eigenvalue weighted by Crippen LogP contribution is -2.29. The number of allylic oxidation sites excluding steroid dienone is 1. The van der Waals surface area contributed by atoms with E-state index in [1.807, 2.05) is 12.1 Å². The highest BCUT2D eigenvalue weighted by Crippen LogP contribution is 2.42. The number of benzene rings is 1. The average molecular weight is 321 g/mol. The van der Waals surface area contributed by atoms with Crippen molar-refractivity contribution in [2.45, 2.75) is 39.2 Å². The van der Waals surface area contributed by atoms with E-state index in [0.717, 1.165) is 29.3 Å². The van der Waals surface area contributed by atoms with Crippen LogP contribution in [0.3, 0.4) is 0 Å². The zero-order valence-electron chi connectivity index (χ0n) is 11.6. The van der Waals surface area contributed by atoms with Crippen LogP contribution in [0.25, 0.3) is 0 Å². The first kappa shape index (κ1) is 14.5. The minimum absolute atomic E-state index is 0.109. The Hall–Kier alpha value is -0.860. The van der Waals surface area contributed by atoms with Gasteiger partial charge in [-0.15, -0.1) is 0 Å². The second-order valence-electron chi connectivity index (χ2n) is 5.88. The molecule has 102 valence electrons. The molecular weight excluding hydrogens is 300 g/mol. The molecule has 0 aliphatic heterocycles. The fourth-order valence-electron chi connectivity index (χ4n) is 2.70. The summed E-state index contributed by atoms with van der Waals surface area (Å²) in [4.78, 5) is 0. The summed E-state index contributed by atoms with van der Waals surface area (Å²) in [5.41, 5.74) is 3.47. The molecule has 2 heteroatoms. The summed E-state index contributed by atoms with van der Waals surface area (Å²) < 4.78 is 1.13. The lowest BCUT2D eigenvalue weighted by atomic mass is 9.69. The largest absolute Gasteiger partial charge is 0.388 e. The predicted octanol–water partition coefficient (Wildman–Crippen LogP) is 4.66. The Bertz CT molecular complexity index is 514. The van der Waals surface area contributed by atoms with Crippen LogP contribution in [0, 0.1) is 5.41 Å². The van der Waals surface area contributed by atoms with Gasteiger partial charge in [-0.3, -0.25) is 0 Å². The summed E-state index contributed by atoms with van der Waals surface area (Å²) in [6, 6.07) is 8.25. The van der Waals surface area contributed by atoms with E-state index in [0.29, 0.717) is 0 Å². The molecule has 1 saturated carbocycles. The topological polar surface area (TPSA) is 20.2 Å². The molecule has 1 N–H and O–H groups in total. The van der Waals surface area contributed by atoms with E-state index in [2.05, 4.69) is 54.6 Å². The molecule has 1 aromatic rings. The highest BCUT2D eigenvalue weighted by atomic mass is 79.9. The SMILES string of the molecule is C=C1/C(=C\Cc2ccccc2Br)C(C)(C)CCC1O. The number of aliphatic hydroxyl groups is 1. The smallest absolute Gasteiger partial charge is 0.0787 e. The predicted molar refractivity (Wildman–Crippen MR) is 84.1 cm³/mol. The van der Waals surface area contributed by atoms with Crippen molar-refractivity contribution in [2.75, 3.05) is 0 Å². The van der Waals surface area contributed by atoms with Crippen molar-refractivity contribution in [2.24, 2.45) is 5.41 Å². The molecule has 1 aliphatic carbocycles. The Kier molecular flexibility index (Phi) is 4.32. The molecule has 1 atom stereocenters. The van der Waals surface area contributed by atoms with Crippen LogP contribution in [0.4, 0.5) is 0 Å². The molecule has 0 amide bonds. The van der Waals surface area contributed by atoms with Crippen molar-refractivity contribution in [1.29, 1.82) is 0 Å². The van der Waals surface area contributed by atoms with Gasteiger partial charge in [0.2, 0.25) is 0 Å². The number of hydrogen-bond acceptors (Lipinski definition) is 1. The molecule has 0 radical (unpaired) electrons. The van der Waals surface area contributed by atoms with E-state index < -0.39 is 0 Å². The van der Waals surface area contributed by atoms with Crippen LogP contribution >= 0.6 is 15.9 Å². The van der Waals surface area contributed by atoms with Crippen molar-refractivity contribution in [1.82, 2.24) is 0 Å². The summed E-state index contributed by atoms with van der Waals surface area (Å²) in [6.07, 6.45) is 4.54. The third kappa shape index (κ3) is 3.18. The molecule has 19 heavy (non-hydrogen) atoms. The van der Waals surface area contributed by atoms with Gasteiger partial charge in [-0.25, -0.2) is 0 Å². The normalized spacial score (nSPS) is 24.7. The van der Waals surface area contributed by atoms with Crippen LogP contribution in [0.1, 0.15) is 32.3 Å². The van der Waals surface area contributed by atoms with Gasteiger partial charge in [0.05, 0.1) is 6.10 Å². The van der Waals surface area contributed by atoms with Crippen molar-refractivity contribution >= 4 is 15.9 Å². The second-order valence-corrected chi connectivity index (χ2v) is 6.73. The summed E-state index contributed by atoms with van der Waals surface area (Å²) >= 11 is 3.58. The van der Waals surface area contributed by atoms with E-state index >= 15 is 0 Å². The van der Waals surface area contributed by atoms with Gasteiger partial charge < -0.3 is 5.11 Å². The van der Waals surface area contributed by atoms with Crippen LogP contribution in [0.15, 0.2) is 52.5 Å². The average Bonchev–Trinajstić information content (AvgIpc) is 2.36. The Balaban J connectivity index is 2.25. The first-order valence-electron chi connectivity index (χ1n) is 6.73. The Morgan fingerprint density at radius 1 is 1.42 bits per heavy atom. The Labute approximate surface area is 124 Å². The van der Waals surface area contributed by atoms with Gasteiger partial charge in [0.25, 0.3) is 0 Å². The number of hydrogen-bond donors (Lipinski definition) is 1. The van der Waals surface area contributed by atoms with Crippen molar-refractivity contribution in [3.63, 3.8) is 0 Å². The van der Waals surface area contributed by atoms with Crippen molar-refractivity contribution in [3.05, 3.63) is 58.1 Å². The molecule has 1 fully saturated rings. The second kappa shape index (κ2) is 5.64. The molecule has 1 unspecified atom stereocenters. The van der Waals surface area contributed by atoms with Gasteiger partial charge in [-0.1, -0.05) is 60.6 Å². The molecule has 2 rings (SSSR count). The zero-order chi connectivity index (χ0) is 14.0. The van der Waals surface area contributed by atoms with Gasteiger partial charge in [-0.2, -0.15) is 0 Å². The van der Waals surface area contributed by atoms with E-state index in [-0.39, 0.29) is 11.5 Å². The number of rotatable bonds is 2. The van der Waals surface area contributed by atoms with Crippen LogP contribution < -0.4 is 0 Å². The minimum Gasteiger partial charge on any atom is -0.388 e. The van der Waals surface area contributed by atoms with Crippen LogP contribution in [0.5, 0.6) is 0 Å². The molecule has 0 aromatic heterocycles. The molecule has 0 spiro atoms. The minimum atomic E-state index is -0.376. The van der Waals surface area contributed by atoms with Crippen molar-refractivity contribution < 1.29 is 5.11 Å². The molecule has 1 nitrogen and oxygen atoms in total. The zero-order valence-corrected chi connectivity index (χ0v) is 13.2. The van der Waals surface area contributed by atoms with E-state index in [1.165, 1.54) is 11.1 Å². The fraction of sp³-hybridized carbons (Fsp3) is 0.412. The molecule has 0 saturated heterocycles. The molecular formula is C17H21BrO. The highest BCUT2D eigenvalue weighted by Gasteiger charge is 2.33. The molecule has 1 aliphatic rings. The molecule has 0 bridgehead atoms.